The largest absolute Gasteiger partial charge is 0.497 e. The lowest BCUT2D eigenvalue weighted by molar-refractivity contribution is 0.102. The Balaban J connectivity index is 1.63. The maximum absolute atomic E-state index is 12.4. The summed E-state index contributed by atoms with van der Waals surface area (Å²) < 4.78 is 13.2. The summed E-state index contributed by atoms with van der Waals surface area (Å²) >= 11 is 1.50. The summed E-state index contributed by atoms with van der Waals surface area (Å²) in [6.07, 6.45) is 3.27. The molecule has 0 unspecified atom stereocenters. The zero-order valence-electron chi connectivity index (χ0n) is 13.5. The fraction of sp³-hybridized carbons (Fsp3) is 0.118. The summed E-state index contributed by atoms with van der Waals surface area (Å²) in [6.45, 7) is 0. The van der Waals surface area contributed by atoms with Crippen molar-refractivity contribution in [3.8, 4) is 11.5 Å². The van der Waals surface area contributed by atoms with Crippen LogP contribution in [0.4, 0.5) is 5.82 Å². The number of carbonyl (C=O) groups excluding carboxylic acids is 1. The van der Waals surface area contributed by atoms with Gasteiger partial charge >= 0.3 is 0 Å². The maximum atomic E-state index is 12.4. The minimum atomic E-state index is -0.310. The third kappa shape index (κ3) is 2.76. The molecule has 1 amide bonds. The number of amides is 1. The van der Waals surface area contributed by atoms with Crippen LogP contribution in [0.15, 0.2) is 42.7 Å². The summed E-state index contributed by atoms with van der Waals surface area (Å²) in [5.74, 6) is 1.55. The van der Waals surface area contributed by atoms with Crippen molar-refractivity contribution in [2.75, 3.05) is 19.5 Å². The lowest BCUT2D eigenvalue weighted by Gasteiger charge is -2.03. The minimum Gasteiger partial charge on any atom is -0.497 e. The van der Waals surface area contributed by atoms with E-state index in [-0.39, 0.29) is 5.91 Å². The highest BCUT2D eigenvalue weighted by Crippen LogP contribution is 2.29. The molecule has 0 spiro atoms. The van der Waals surface area contributed by atoms with E-state index < -0.39 is 0 Å². The van der Waals surface area contributed by atoms with Crippen LogP contribution in [0.1, 0.15) is 10.5 Å². The Morgan fingerprint density at radius 3 is 2.68 bits per heavy atom. The average molecular weight is 354 g/mol. The van der Waals surface area contributed by atoms with Gasteiger partial charge in [0.2, 0.25) is 0 Å². The number of anilines is 1. The van der Waals surface area contributed by atoms with Crippen molar-refractivity contribution in [3.05, 3.63) is 48.4 Å². The zero-order chi connectivity index (χ0) is 17.4. The number of pyridine rings is 1. The number of benzene rings is 1. The summed E-state index contributed by atoms with van der Waals surface area (Å²) in [6, 6.07) is 9.20. The van der Waals surface area contributed by atoms with Gasteiger partial charge in [0, 0.05) is 6.20 Å². The summed E-state index contributed by atoms with van der Waals surface area (Å²) in [5, 5.41) is 2.73. The second kappa shape index (κ2) is 6.06. The van der Waals surface area contributed by atoms with Crippen LogP contribution < -0.4 is 14.8 Å². The Hall–Kier alpha value is -3.13. The number of imidazole rings is 1. The Labute approximate surface area is 146 Å². The third-order valence-electron chi connectivity index (χ3n) is 3.75. The first-order chi connectivity index (χ1) is 12.2. The van der Waals surface area contributed by atoms with Crippen LogP contribution in [0.5, 0.6) is 11.5 Å². The number of nitrogens with one attached hydrogen (secondary N) is 1. The van der Waals surface area contributed by atoms with Gasteiger partial charge in [0.25, 0.3) is 5.91 Å². The number of hydrogen-bond acceptors (Lipinski definition) is 6. The monoisotopic (exact) mass is 354 g/mol. The van der Waals surface area contributed by atoms with Crippen molar-refractivity contribution in [3.63, 3.8) is 0 Å². The Morgan fingerprint density at radius 2 is 1.96 bits per heavy atom. The van der Waals surface area contributed by atoms with Gasteiger partial charge in [-0.05, 0) is 30.3 Å². The van der Waals surface area contributed by atoms with Crippen molar-refractivity contribution >= 4 is 38.2 Å². The summed E-state index contributed by atoms with van der Waals surface area (Å²) in [4.78, 5) is 21.7. The molecule has 25 heavy (non-hydrogen) atoms. The molecule has 3 heterocycles. The molecule has 0 saturated heterocycles. The van der Waals surface area contributed by atoms with Gasteiger partial charge in [-0.15, -0.1) is 0 Å². The van der Waals surface area contributed by atoms with Gasteiger partial charge in [0.05, 0.1) is 30.6 Å². The molecular formula is C17H14N4O3S. The van der Waals surface area contributed by atoms with Crippen LogP contribution >= 0.6 is 11.3 Å². The van der Waals surface area contributed by atoms with E-state index in [4.69, 9.17) is 9.47 Å². The summed E-state index contributed by atoms with van der Waals surface area (Å²) in [7, 11) is 3.20. The highest BCUT2D eigenvalue weighted by Gasteiger charge is 2.15. The molecular weight excluding hydrogens is 340 g/mol. The predicted molar refractivity (Wildman–Crippen MR) is 95.9 cm³/mol. The van der Waals surface area contributed by atoms with Gasteiger partial charge in [-0.2, -0.15) is 0 Å². The van der Waals surface area contributed by atoms with Crippen molar-refractivity contribution < 1.29 is 14.3 Å². The zero-order valence-corrected chi connectivity index (χ0v) is 14.3. The van der Waals surface area contributed by atoms with Crippen molar-refractivity contribution in [1.29, 1.82) is 0 Å². The van der Waals surface area contributed by atoms with Crippen LogP contribution in [-0.4, -0.2) is 34.5 Å². The molecule has 1 aromatic carbocycles. The lowest BCUT2D eigenvalue weighted by atomic mass is 10.3. The van der Waals surface area contributed by atoms with Crippen molar-refractivity contribution in [1.82, 2.24) is 14.4 Å². The van der Waals surface area contributed by atoms with Crippen molar-refractivity contribution in [2.24, 2.45) is 0 Å². The second-order valence-electron chi connectivity index (χ2n) is 5.25. The van der Waals surface area contributed by atoms with Gasteiger partial charge in [-0.3, -0.25) is 9.20 Å². The van der Waals surface area contributed by atoms with E-state index in [2.05, 4.69) is 15.3 Å². The number of thiazole rings is 1. The maximum Gasteiger partial charge on any atom is 0.277 e. The van der Waals surface area contributed by atoms with E-state index in [9.17, 15) is 4.79 Å². The number of rotatable bonds is 4. The van der Waals surface area contributed by atoms with Crippen LogP contribution in [0, 0.1) is 0 Å². The average Bonchev–Trinajstić information content (AvgIpc) is 3.19. The number of nitrogens with zero attached hydrogens (tertiary/aromatic N) is 3. The van der Waals surface area contributed by atoms with Gasteiger partial charge in [-0.25, -0.2) is 9.97 Å². The molecule has 1 N–H and O–H groups in total. The van der Waals surface area contributed by atoms with E-state index >= 15 is 0 Å². The van der Waals surface area contributed by atoms with Crippen molar-refractivity contribution in [2.45, 2.75) is 0 Å². The van der Waals surface area contributed by atoms with Gasteiger partial charge in [-0.1, -0.05) is 11.3 Å². The fourth-order valence-electron chi connectivity index (χ4n) is 2.47. The molecule has 0 aliphatic heterocycles. The molecule has 126 valence electrons. The van der Waals surface area contributed by atoms with E-state index in [0.29, 0.717) is 17.3 Å². The number of methoxy groups -OCH3 is 2. The van der Waals surface area contributed by atoms with Gasteiger partial charge in [0.15, 0.2) is 4.96 Å². The Bertz CT molecular complexity index is 1070. The number of carbonyl (C=O) groups is 1. The predicted octanol–water partition coefficient (Wildman–Crippen LogP) is 3.21. The number of hydrogen-bond donors (Lipinski definition) is 1. The van der Waals surface area contributed by atoms with E-state index in [1.54, 1.807) is 38.7 Å². The topological polar surface area (TPSA) is 77.8 Å². The Kier molecular flexibility index (Phi) is 3.73. The molecule has 4 rings (SSSR count). The molecule has 0 bridgehead atoms. The molecule has 3 aromatic heterocycles. The first-order valence-corrected chi connectivity index (χ1v) is 8.26. The summed E-state index contributed by atoms with van der Waals surface area (Å²) in [5.41, 5.74) is 1.32. The number of aromatic nitrogens is 3. The van der Waals surface area contributed by atoms with Crippen LogP contribution in [0.2, 0.25) is 0 Å². The van der Waals surface area contributed by atoms with E-state index in [1.807, 2.05) is 22.6 Å². The SMILES string of the molecule is COc1ccc(NC(=O)c2cn3c(n2)sc2cc(OC)ccc23)nc1. The molecule has 0 fully saturated rings. The first kappa shape index (κ1) is 15.4. The minimum absolute atomic E-state index is 0.310. The highest BCUT2D eigenvalue weighted by atomic mass is 32.1. The third-order valence-corrected chi connectivity index (χ3v) is 4.77. The molecule has 8 heteroatoms. The van der Waals surface area contributed by atoms with E-state index in [1.165, 1.54) is 11.3 Å². The van der Waals surface area contributed by atoms with Gasteiger partial charge in [0.1, 0.15) is 23.0 Å². The smallest absolute Gasteiger partial charge is 0.277 e. The van der Waals surface area contributed by atoms with E-state index in [0.717, 1.165) is 20.9 Å². The molecule has 0 aliphatic carbocycles. The number of fused-ring (bicyclic) bond motifs is 3. The molecule has 0 radical (unpaired) electrons. The number of ether oxygens (including phenoxy) is 2. The fourth-order valence-corrected chi connectivity index (χ4v) is 3.51. The Morgan fingerprint density at radius 1 is 1.16 bits per heavy atom. The first-order valence-electron chi connectivity index (χ1n) is 7.45. The standard InChI is InChI=1S/C17H14N4O3S/c1-23-10-3-5-13-14(7-10)25-17-19-12(9-21(13)17)16(22)20-15-6-4-11(24-2)8-18-15/h3-9H,1-2H3,(H,18,20,22). The quantitative estimate of drug-likeness (QED) is 0.609. The normalized spacial score (nSPS) is 11.0. The van der Waals surface area contributed by atoms with Crippen LogP contribution in [0.25, 0.3) is 15.2 Å². The lowest BCUT2D eigenvalue weighted by Crippen LogP contribution is -2.13. The molecule has 7 nitrogen and oxygen atoms in total. The van der Waals surface area contributed by atoms with Crippen LogP contribution in [0.3, 0.4) is 0 Å². The van der Waals surface area contributed by atoms with Gasteiger partial charge < -0.3 is 14.8 Å². The molecule has 0 aliphatic rings. The molecule has 4 aromatic rings. The van der Waals surface area contributed by atoms with Crippen LogP contribution in [-0.2, 0) is 0 Å². The second-order valence-corrected chi connectivity index (χ2v) is 6.26. The molecule has 0 saturated carbocycles. The molecule has 0 atom stereocenters. The highest BCUT2D eigenvalue weighted by molar-refractivity contribution is 7.23.